The summed E-state index contributed by atoms with van der Waals surface area (Å²) in [4.78, 5) is 14.1. The molecule has 1 saturated heterocycles. The van der Waals surface area contributed by atoms with E-state index in [9.17, 15) is 4.79 Å². The van der Waals surface area contributed by atoms with Gasteiger partial charge < -0.3 is 15.0 Å². The zero-order chi connectivity index (χ0) is 15.3. The summed E-state index contributed by atoms with van der Waals surface area (Å²) in [5.74, 6) is 0. The molecule has 21 heavy (non-hydrogen) atoms. The number of carbonyl (C=O) groups excluding carboxylic acids is 1. The Morgan fingerprint density at radius 3 is 2.71 bits per heavy atom. The van der Waals surface area contributed by atoms with Gasteiger partial charge in [0.05, 0.1) is 0 Å². The van der Waals surface area contributed by atoms with E-state index in [0.29, 0.717) is 6.61 Å². The maximum absolute atomic E-state index is 12.2. The third-order valence-corrected chi connectivity index (χ3v) is 3.68. The molecule has 0 spiro atoms. The molecule has 0 aliphatic carbocycles. The van der Waals surface area contributed by atoms with Gasteiger partial charge in [-0.3, -0.25) is 0 Å². The standard InChI is InChI=1S/C17H26N2O2/c1-17(2,3)18-12-15-10-7-11-19(15)16(20)21-13-14-8-5-4-6-9-14/h4-6,8-9,15,18H,7,10-13H2,1-3H3. The van der Waals surface area contributed by atoms with Crippen molar-refractivity contribution in [3.05, 3.63) is 35.9 Å². The topological polar surface area (TPSA) is 41.6 Å². The van der Waals surface area contributed by atoms with E-state index in [-0.39, 0.29) is 17.7 Å². The monoisotopic (exact) mass is 290 g/mol. The molecule has 1 N–H and O–H groups in total. The molecule has 1 unspecified atom stereocenters. The van der Waals surface area contributed by atoms with Gasteiger partial charge in [-0.2, -0.15) is 0 Å². The average molecular weight is 290 g/mol. The first kappa shape index (κ1) is 15.8. The quantitative estimate of drug-likeness (QED) is 0.926. The lowest BCUT2D eigenvalue weighted by molar-refractivity contribution is 0.0908. The van der Waals surface area contributed by atoms with Crippen LogP contribution >= 0.6 is 0 Å². The summed E-state index contributed by atoms with van der Waals surface area (Å²) >= 11 is 0. The first-order chi connectivity index (χ1) is 9.96. The van der Waals surface area contributed by atoms with Gasteiger partial charge in [-0.1, -0.05) is 30.3 Å². The van der Waals surface area contributed by atoms with Gasteiger partial charge in [-0.05, 0) is 39.2 Å². The Balaban J connectivity index is 1.83. The first-order valence-corrected chi connectivity index (χ1v) is 7.68. The number of hydrogen-bond donors (Lipinski definition) is 1. The molecular formula is C17H26N2O2. The maximum Gasteiger partial charge on any atom is 0.410 e. The van der Waals surface area contributed by atoms with Crippen molar-refractivity contribution < 1.29 is 9.53 Å². The number of carbonyl (C=O) groups is 1. The predicted molar refractivity (Wildman–Crippen MR) is 84.1 cm³/mol. The van der Waals surface area contributed by atoms with E-state index in [1.807, 2.05) is 35.2 Å². The third kappa shape index (κ3) is 5.05. The van der Waals surface area contributed by atoms with Crippen LogP contribution in [0, 0.1) is 0 Å². The Bertz CT molecular complexity index is 454. The van der Waals surface area contributed by atoms with E-state index < -0.39 is 0 Å². The summed E-state index contributed by atoms with van der Waals surface area (Å²) < 4.78 is 5.43. The highest BCUT2D eigenvalue weighted by molar-refractivity contribution is 5.68. The van der Waals surface area contributed by atoms with Crippen LogP contribution in [-0.4, -0.2) is 35.7 Å². The Morgan fingerprint density at radius 2 is 2.05 bits per heavy atom. The number of ether oxygens (including phenoxy) is 1. The lowest BCUT2D eigenvalue weighted by Gasteiger charge is -2.28. The number of nitrogens with zero attached hydrogens (tertiary/aromatic N) is 1. The van der Waals surface area contributed by atoms with Crippen LogP contribution in [0.3, 0.4) is 0 Å². The molecule has 0 aromatic heterocycles. The molecule has 1 atom stereocenters. The van der Waals surface area contributed by atoms with Crippen LogP contribution in [0.2, 0.25) is 0 Å². The van der Waals surface area contributed by atoms with Gasteiger partial charge in [-0.25, -0.2) is 4.79 Å². The summed E-state index contributed by atoms with van der Waals surface area (Å²) in [7, 11) is 0. The van der Waals surface area contributed by atoms with E-state index in [1.165, 1.54) is 0 Å². The molecule has 2 rings (SSSR count). The zero-order valence-electron chi connectivity index (χ0n) is 13.3. The Morgan fingerprint density at radius 1 is 1.33 bits per heavy atom. The molecule has 116 valence electrons. The second-order valence-corrected chi connectivity index (χ2v) is 6.66. The van der Waals surface area contributed by atoms with Crippen molar-refractivity contribution in [1.82, 2.24) is 10.2 Å². The van der Waals surface area contributed by atoms with Gasteiger partial charge in [0, 0.05) is 24.7 Å². The number of benzene rings is 1. The summed E-state index contributed by atoms with van der Waals surface area (Å²) in [6.45, 7) is 8.38. The lowest BCUT2D eigenvalue weighted by Crippen LogP contribution is -2.47. The minimum atomic E-state index is -0.197. The Labute approximate surface area is 127 Å². The van der Waals surface area contributed by atoms with Gasteiger partial charge in [0.1, 0.15) is 6.61 Å². The van der Waals surface area contributed by atoms with Crippen LogP contribution < -0.4 is 5.32 Å². The molecule has 1 fully saturated rings. The molecule has 0 radical (unpaired) electrons. The fourth-order valence-electron chi connectivity index (χ4n) is 2.51. The van der Waals surface area contributed by atoms with Crippen LogP contribution in [0.5, 0.6) is 0 Å². The van der Waals surface area contributed by atoms with Crippen LogP contribution in [-0.2, 0) is 11.3 Å². The third-order valence-electron chi connectivity index (χ3n) is 3.68. The fourth-order valence-corrected chi connectivity index (χ4v) is 2.51. The highest BCUT2D eigenvalue weighted by Gasteiger charge is 2.30. The second kappa shape index (κ2) is 6.94. The van der Waals surface area contributed by atoms with Crippen molar-refractivity contribution >= 4 is 6.09 Å². The van der Waals surface area contributed by atoms with Crippen LogP contribution in [0.4, 0.5) is 4.79 Å². The fraction of sp³-hybridized carbons (Fsp3) is 0.588. The van der Waals surface area contributed by atoms with Crippen molar-refractivity contribution in [1.29, 1.82) is 0 Å². The van der Waals surface area contributed by atoms with E-state index in [1.54, 1.807) is 0 Å². The number of amides is 1. The van der Waals surface area contributed by atoms with Crippen molar-refractivity contribution in [3.8, 4) is 0 Å². The average Bonchev–Trinajstić information content (AvgIpc) is 2.91. The van der Waals surface area contributed by atoms with E-state index >= 15 is 0 Å². The number of nitrogens with one attached hydrogen (secondary N) is 1. The highest BCUT2D eigenvalue weighted by Crippen LogP contribution is 2.19. The van der Waals surface area contributed by atoms with Gasteiger partial charge in [-0.15, -0.1) is 0 Å². The van der Waals surface area contributed by atoms with Crippen LogP contribution in [0.25, 0.3) is 0 Å². The Hall–Kier alpha value is -1.55. The maximum atomic E-state index is 12.2. The largest absolute Gasteiger partial charge is 0.445 e. The van der Waals surface area contributed by atoms with Gasteiger partial charge in [0.25, 0.3) is 0 Å². The summed E-state index contributed by atoms with van der Waals surface area (Å²) in [5.41, 5.74) is 1.09. The Kier molecular flexibility index (Phi) is 5.23. The summed E-state index contributed by atoms with van der Waals surface area (Å²) in [6, 6.07) is 10.0. The lowest BCUT2D eigenvalue weighted by atomic mass is 10.1. The number of rotatable bonds is 4. The normalized spacial score (nSPS) is 18.8. The first-order valence-electron chi connectivity index (χ1n) is 7.68. The van der Waals surface area contributed by atoms with Gasteiger partial charge in [0.2, 0.25) is 0 Å². The second-order valence-electron chi connectivity index (χ2n) is 6.66. The number of likely N-dealkylation sites (tertiary alicyclic amines) is 1. The molecule has 1 aromatic carbocycles. The van der Waals surface area contributed by atoms with E-state index in [4.69, 9.17) is 4.74 Å². The molecule has 0 bridgehead atoms. The van der Waals surface area contributed by atoms with Crippen molar-refractivity contribution in [2.24, 2.45) is 0 Å². The van der Waals surface area contributed by atoms with Gasteiger partial charge >= 0.3 is 6.09 Å². The van der Waals surface area contributed by atoms with Crippen molar-refractivity contribution in [2.75, 3.05) is 13.1 Å². The van der Waals surface area contributed by atoms with E-state index in [0.717, 1.165) is 31.5 Å². The predicted octanol–water partition coefficient (Wildman–Crippen LogP) is 3.18. The van der Waals surface area contributed by atoms with E-state index in [2.05, 4.69) is 26.1 Å². The van der Waals surface area contributed by atoms with Crippen molar-refractivity contribution in [2.45, 2.75) is 51.8 Å². The summed E-state index contributed by atoms with van der Waals surface area (Å²) in [5, 5.41) is 3.47. The highest BCUT2D eigenvalue weighted by atomic mass is 16.6. The number of hydrogen-bond acceptors (Lipinski definition) is 3. The summed E-state index contributed by atoms with van der Waals surface area (Å²) in [6.07, 6.45) is 1.90. The minimum absolute atomic E-state index is 0.0716. The minimum Gasteiger partial charge on any atom is -0.445 e. The molecule has 1 aliphatic rings. The van der Waals surface area contributed by atoms with Crippen LogP contribution in [0.1, 0.15) is 39.2 Å². The molecule has 1 amide bonds. The van der Waals surface area contributed by atoms with Crippen molar-refractivity contribution in [3.63, 3.8) is 0 Å². The molecule has 0 saturated carbocycles. The smallest absolute Gasteiger partial charge is 0.410 e. The van der Waals surface area contributed by atoms with Gasteiger partial charge in [0.15, 0.2) is 0 Å². The molecule has 1 aliphatic heterocycles. The molecule has 4 heteroatoms. The zero-order valence-corrected chi connectivity index (χ0v) is 13.3. The molecular weight excluding hydrogens is 264 g/mol. The SMILES string of the molecule is CC(C)(C)NCC1CCCN1C(=O)OCc1ccccc1. The molecule has 1 heterocycles. The molecule has 1 aromatic rings. The molecule has 4 nitrogen and oxygen atoms in total. The van der Waals surface area contributed by atoms with Crippen LogP contribution in [0.15, 0.2) is 30.3 Å².